The number of benzene rings is 1. The first-order valence-corrected chi connectivity index (χ1v) is 6.99. The van der Waals surface area contributed by atoms with Gasteiger partial charge >= 0.3 is 0 Å². The van der Waals surface area contributed by atoms with Crippen molar-refractivity contribution >= 4 is 17.5 Å². The van der Waals surface area contributed by atoms with Gasteiger partial charge in [0.1, 0.15) is 0 Å². The zero-order valence-corrected chi connectivity index (χ0v) is 11.1. The van der Waals surface area contributed by atoms with Gasteiger partial charge in [0.2, 0.25) is 0 Å². The molecule has 2 nitrogen and oxygen atoms in total. The van der Waals surface area contributed by atoms with E-state index in [1.54, 1.807) is 11.8 Å². The first-order chi connectivity index (χ1) is 8.18. The number of hydrogen-bond acceptors (Lipinski definition) is 3. The average Bonchev–Trinajstić information content (AvgIpc) is 2.75. The van der Waals surface area contributed by atoms with Crippen LogP contribution in [0.25, 0.3) is 0 Å². The summed E-state index contributed by atoms with van der Waals surface area (Å²) in [7, 11) is 0. The van der Waals surface area contributed by atoms with Gasteiger partial charge in [-0.3, -0.25) is 4.79 Å². The first-order valence-electron chi connectivity index (χ1n) is 6.05. The number of carbonyl (C=O) groups excluding carboxylic acids is 1. The quantitative estimate of drug-likeness (QED) is 0.768. The second-order valence-corrected chi connectivity index (χ2v) is 6.00. The van der Waals surface area contributed by atoms with Crippen LogP contribution in [-0.2, 0) is 4.74 Å². The van der Waals surface area contributed by atoms with Crippen molar-refractivity contribution in [3.05, 3.63) is 35.9 Å². The number of thioether (sulfide) groups is 1. The highest BCUT2D eigenvalue weighted by atomic mass is 32.2. The van der Waals surface area contributed by atoms with E-state index in [-0.39, 0.29) is 17.1 Å². The molecule has 0 radical (unpaired) electrons. The molecule has 0 saturated carbocycles. The lowest BCUT2D eigenvalue weighted by Gasteiger charge is -2.18. The molecule has 0 spiro atoms. The van der Waals surface area contributed by atoms with Gasteiger partial charge in [0, 0.05) is 17.4 Å². The van der Waals surface area contributed by atoms with E-state index in [1.807, 2.05) is 37.3 Å². The van der Waals surface area contributed by atoms with E-state index >= 15 is 0 Å². The van der Waals surface area contributed by atoms with E-state index in [0.29, 0.717) is 5.25 Å². The molecule has 1 saturated heterocycles. The largest absolute Gasteiger partial charge is 0.377 e. The number of hydrogen-bond donors (Lipinski definition) is 0. The van der Waals surface area contributed by atoms with Gasteiger partial charge in [-0.15, -0.1) is 11.8 Å². The fraction of sp³-hybridized carbons (Fsp3) is 0.500. The standard InChI is InChI=1S/C14H18O2S/c1-10-13(8-9-16-10)17-11(2)14(15)12-6-4-3-5-7-12/h3-7,10-11,13H,8-9H2,1-2H3. The Balaban J connectivity index is 1.96. The molecule has 1 aromatic rings. The third kappa shape index (κ3) is 3.11. The summed E-state index contributed by atoms with van der Waals surface area (Å²) >= 11 is 1.74. The molecule has 1 fully saturated rings. The second kappa shape index (κ2) is 5.69. The summed E-state index contributed by atoms with van der Waals surface area (Å²) in [5.41, 5.74) is 0.805. The Morgan fingerprint density at radius 2 is 2.12 bits per heavy atom. The van der Waals surface area contributed by atoms with E-state index in [2.05, 4.69) is 6.92 Å². The minimum atomic E-state index is 0.00606. The molecule has 1 heterocycles. The summed E-state index contributed by atoms with van der Waals surface area (Å²) in [6.45, 7) is 4.90. The minimum absolute atomic E-state index is 0.00606. The van der Waals surface area contributed by atoms with Crippen LogP contribution in [0.5, 0.6) is 0 Å². The van der Waals surface area contributed by atoms with Crippen LogP contribution in [0.15, 0.2) is 30.3 Å². The third-order valence-electron chi connectivity index (χ3n) is 3.11. The molecule has 1 aliphatic heterocycles. The average molecular weight is 250 g/mol. The van der Waals surface area contributed by atoms with E-state index in [1.165, 1.54) is 0 Å². The molecule has 17 heavy (non-hydrogen) atoms. The minimum Gasteiger partial charge on any atom is -0.377 e. The molecular weight excluding hydrogens is 232 g/mol. The molecule has 0 aromatic heterocycles. The van der Waals surface area contributed by atoms with Crippen molar-refractivity contribution in [1.82, 2.24) is 0 Å². The fourth-order valence-corrected chi connectivity index (χ4v) is 3.37. The number of ketones is 1. The summed E-state index contributed by atoms with van der Waals surface area (Å²) in [6, 6.07) is 9.52. The van der Waals surface area contributed by atoms with Crippen LogP contribution in [0.4, 0.5) is 0 Å². The molecule has 1 aliphatic rings. The zero-order valence-electron chi connectivity index (χ0n) is 10.3. The predicted molar refractivity (Wildman–Crippen MR) is 71.6 cm³/mol. The van der Waals surface area contributed by atoms with Crippen LogP contribution in [0, 0.1) is 0 Å². The normalized spacial score (nSPS) is 25.8. The molecule has 3 unspecified atom stereocenters. The highest BCUT2D eigenvalue weighted by Gasteiger charge is 2.28. The van der Waals surface area contributed by atoms with E-state index in [4.69, 9.17) is 4.74 Å². The van der Waals surface area contributed by atoms with Crippen molar-refractivity contribution in [2.24, 2.45) is 0 Å². The Hall–Kier alpha value is -0.800. The monoisotopic (exact) mass is 250 g/mol. The van der Waals surface area contributed by atoms with Crippen molar-refractivity contribution in [3.63, 3.8) is 0 Å². The third-order valence-corrected chi connectivity index (χ3v) is 4.70. The van der Waals surface area contributed by atoms with Crippen molar-refractivity contribution in [1.29, 1.82) is 0 Å². The lowest BCUT2D eigenvalue weighted by Crippen LogP contribution is -2.21. The number of Topliss-reactive ketones (excluding diaryl/α,β-unsaturated/α-hetero) is 1. The lowest BCUT2D eigenvalue weighted by molar-refractivity contribution is 0.0993. The maximum atomic E-state index is 12.2. The van der Waals surface area contributed by atoms with Crippen molar-refractivity contribution < 1.29 is 9.53 Å². The van der Waals surface area contributed by atoms with Crippen molar-refractivity contribution in [2.75, 3.05) is 6.61 Å². The number of rotatable bonds is 4. The van der Waals surface area contributed by atoms with Crippen LogP contribution >= 0.6 is 11.8 Å². The summed E-state index contributed by atoms with van der Waals surface area (Å²) in [6.07, 6.45) is 1.32. The summed E-state index contributed by atoms with van der Waals surface area (Å²) < 4.78 is 5.52. The van der Waals surface area contributed by atoms with Gasteiger partial charge in [0.25, 0.3) is 0 Å². The van der Waals surface area contributed by atoms with Crippen LogP contribution in [0.3, 0.4) is 0 Å². The van der Waals surface area contributed by atoms with Crippen LogP contribution in [0.1, 0.15) is 30.6 Å². The number of carbonyl (C=O) groups is 1. The van der Waals surface area contributed by atoms with Gasteiger partial charge in [-0.1, -0.05) is 30.3 Å². The van der Waals surface area contributed by atoms with Gasteiger partial charge < -0.3 is 4.74 Å². The molecule has 0 bridgehead atoms. The van der Waals surface area contributed by atoms with Gasteiger partial charge in [0.15, 0.2) is 5.78 Å². The Morgan fingerprint density at radius 1 is 1.41 bits per heavy atom. The Morgan fingerprint density at radius 3 is 2.71 bits per heavy atom. The fourth-order valence-electron chi connectivity index (χ4n) is 2.05. The molecule has 0 N–H and O–H groups in total. The Kier molecular flexibility index (Phi) is 4.24. The molecule has 0 aliphatic carbocycles. The first kappa shape index (κ1) is 12.7. The highest BCUT2D eigenvalue weighted by molar-refractivity contribution is 8.01. The van der Waals surface area contributed by atoms with Crippen LogP contribution in [-0.4, -0.2) is 29.0 Å². The molecule has 3 atom stereocenters. The van der Waals surface area contributed by atoms with Gasteiger partial charge in [0.05, 0.1) is 11.4 Å². The second-order valence-electron chi connectivity index (χ2n) is 4.41. The molecule has 1 aromatic carbocycles. The van der Waals surface area contributed by atoms with Crippen molar-refractivity contribution in [3.8, 4) is 0 Å². The van der Waals surface area contributed by atoms with Crippen LogP contribution in [0.2, 0.25) is 0 Å². The molecule has 92 valence electrons. The maximum absolute atomic E-state index is 12.2. The zero-order chi connectivity index (χ0) is 12.3. The topological polar surface area (TPSA) is 26.3 Å². The lowest BCUT2D eigenvalue weighted by atomic mass is 10.1. The van der Waals surface area contributed by atoms with Gasteiger partial charge in [-0.2, -0.15) is 0 Å². The van der Waals surface area contributed by atoms with Gasteiger partial charge in [-0.25, -0.2) is 0 Å². The predicted octanol–water partition coefficient (Wildman–Crippen LogP) is 3.17. The number of ether oxygens (including phenoxy) is 1. The smallest absolute Gasteiger partial charge is 0.175 e. The SMILES string of the molecule is CC(SC1CCOC1C)C(=O)c1ccccc1. The molecular formula is C14H18O2S. The molecule has 0 amide bonds. The van der Waals surface area contributed by atoms with E-state index in [9.17, 15) is 4.79 Å². The molecule has 3 heteroatoms. The molecule has 2 rings (SSSR count). The Bertz CT molecular complexity index is 377. The summed E-state index contributed by atoms with van der Waals surface area (Å²) in [5, 5.41) is 0.462. The summed E-state index contributed by atoms with van der Waals surface area (Å²) in [4.78, 5) is 12.2. The van der Waals surface area contributed by atoms with E-state index < -0.39 is 0 Å². The highest BCUT2D eigenvalue weighted by Crippen LogP contribution is 2.30. The summed E-state index contributed by atoms with van der Waals surface area (Å²) in [5.74, 6) is 0.217. The Labute approximate surface area is 107 Å². The van der Waals surface area contributed by atoms with Gasteiger partial charge in [-0.05, 0) is 20.3 Å². The van der Waals surface area contributed by atoms with E-state index in [0.717, 1.165) is 18.6 Å². The van der Waals surface area contributed by atoms with Crippen molar-refractivity contribution in [2.45, 2.75) is 36.9 Å². The van der Waals surface area contributed by atoms with Crippen LogP contribution < -0.4 is 0 Å². The maximum Gasteiger partial charge on any atom is 0.175 e.